The molecule has 2 aromatic heterocycles. The summed E-state index contributed by atoms with van der Waals surface area (Å²) < 4.78 is 0. The number of hydrogen-bond acceptors (Lipinski definition) is 7. The van der Waals surface area contributed by atoms with Crippen LogP contribution in [0.3, 0.4) is 0 Å². The first-order chi connectivity index (χ1) is 19.0. The molecule has 0 aliphatic carbocycles. The van der Waals surface area contributed by atoms with Gasteiger partial charge in [-0.3, -0.25) is 4.79 Å². The molecule has 10 heteroatoms. The van der Waals surface area contributed by atoms with Crippen LogP contribution in [-0.4, -0.2) is 102 Å². The molecule has 0 saturated carbocycles. The van der Waals surface area contributed by atoms with Gasteiger partial charge < -0.3 is 30.3 Å². The van der Waals surface area contributed by atoms with Gasteiger partial charge in [0.1, 0.15) is 17.8 Å². The number of piperazine rings is 2. The lowest BCUT2D eigenvalue weighted by Gasteiger charge is -2.32. The third-order valence-corrected chi connectivity index (χ3v) is 7.32. The second kappa shape index (κ2) is 12.6. The van der Waals surface area contributed by atoms with Crippen LogP contribution in [0.5, 0.6) is 0 Å². The fraction of sp³-hybridized carbons (Fsp3) is 0.345. The zero-order valence-electron chi connectivity index (χ0n) is 22.5. The lowest BCUT2D eigenvalue weighted by atomic mass is 10.1. The van der Waals surface area contributed by atoms with Crippen LogP contribution in [0.4, 0.5) is 11.5 Å². The van der Waals surface area contributed by atoms with Gasteiger partial charge in [0.25, 0.3) is 5.91 Å². The van der Waals surface area contributed by atoms with E-state index in [4.69, 9.17) is 11.6 Å². The van der Waals surface area contributed by atoms with Crippen molar-refractivity contribution in [3.8, 4) is 11.3 Å². The predicted octanol–water partition coefficient (Wildman–Crippen LogP) is 3.93. The van der Waals surface area contributed by atoms with Gasteiger partial charge in [-0.25, -0.2) is 9.97 Å². The van der Waals surface area contributed by atoms with Crippen LogP contribution in [0.25, 0.3) is 22.3 Å². The van der Waals surface area contributed by atoms with Crippen molar-refractivity contribution in [2.45, 2.75) is 0 Å². The smallest absolute Gasteiger partial charge is 0.253 e. The van der Waals surface area contributed by atoms with Gasteiger partial charge in [-0.1, -0.05) is 29.8 Å². The van der Waals surface area contributed by atoms with Gasteiger partial charge in [0, 0.05) is 74.3 Å². The van der Waals surface area contributed by atoms with Crippen LogP contribution < -0.4 is 10.6 Å². The number of nitrogens with one attached hydrogen (secondary N) is 3. The number of carbonyl (C=O) groups excluding carboxylic acids is 1. The molecule has 39 heavy (non-hydrogen) atoms. The minimum Gasteiger partial charge on any atom is -0.340 e. The Hall–Kier alpha value is -3.50. The molecular weight excluding hydrogens is 512 g/mol. The summed E-state index contributed by atoms with van der Waals surface area (Å²) >= 11 is 6.10. The van der Waals surface area contributed by atoms with Gasteiger partial charge >= 0.3 is 0 Å². The van der Waals surface area contributed by atoms with E-state index in [9.17, 15) is 4.79 Å². The number of amides is 1. The normalized spacial score (nSPS) is 16.5. The summed E-state index contributed by atoms with van der Waals surface area (Å²) in [6, 6.07) is 17.2. The molecular formula is C29H35ClN8O. The summed E-state index contributed by atoms with van der Waals surface area (Å²) in [5, 5.41) is 8.11. The first-order valence-electron chi connectivity index (χ1n) is 13.3. The molecule has 0 atom stereocenters. The number of likely N-dealkylation sites (N-methyl/N-ethyl adjacent to an activating group) is 2. The summed E-state index contributed by atoms with van der Waals surface area (Å²) in [7, 11) is 4.23. The zero-order valence-corrected chi connectivity index (χ0v) is 23.2. The highest BCUT2D eigenvalue weighted by Crippen LogP contribution is 2.29. The molecule has 6 rings (SSSR count). The molecule has 2 aliphatic rings. The fourth-order valence-corrected chi connectivity index (χ4v) is 4.85. The molecule has 2 saturated heterocycles. The minimum absolute atomic E-state index is 0.0835. The van der Waals surface area contributed by atoms with Crippen LogP contribution in [0.1, 0.15) is 10.4 Å². The third kappa shape index (κ3) is 6.93. The van der Waals surface area contributed by atoms with E-state index in [1.54, 1.807) is 0 Å². The highest BCUT2D eigenvalue weighted by atomic mass is 35.5. The van der Waals surface area contributed by atoms with Crippen molar-refractivity contribution in [1.82, 2.24) is 35.0 Å². The van der Waals surface area contributed by atoms with Gasteiger partial charge in [0.15, 0.2) is 0 Å². The lowest BCUT2D eigenvalue weighted by molar-refractivity contribution is 0.0664. The Labute approximate surface area is 234 Å². The molecule has 2 aliphatic heterocycles. The number of fused-ring (bicyclic) bond motifs is 1. The van der Waals surface area contributed by atoms with Crippen molar-refractivity contribution in [3.05, 3.63) is 71.5 Å². The molecule has 1 amide bonds. The quantitative estimate of drug-likeness (QED) is 0.357. The first-order valence-corrected chi connectivity index (χ1v) is 13.7. The molecule has 2 fully saturated rings. The van der Waals surface area contributed by atoms with Gasteiger partial charge in [-0.15, -0.1) is 0 Å². The average Bonchev–Trinajstić information content (AvgIpc) is 3.40. The van der Waals surface area contributed by atoms with Crippen LogP contribution in [0.15, 0.2) is 60.9 Å². The summed E-state index contributed by atoms with van der Waals surface area (Å²) in [6.45, 7) is 8.09. The molecule has 0 unspecified atom stereocenters. The summed E-state index contributed by atoms with van der Waals surface area (Å²) in [4.78, 5) is 31.4. The predicted molar refractivity (Wildman–Crippen MR) is 158 cm³/mol. The van der Waals surface area contributed by atoms with E-state index in [0.717, 1.165) is 67.2 Å². The Kier molecular flexibility index (Phi) is 8.73. The van der Waals surface area contributed by atoms with E-state index in [1.165, 1.54) is 19.4 Å². The minimum atomic E-state index is 0.0835. The second-order valence-electron chi connectivity index (χ2n) is 10.0. The molecule has 0 spiro atoms. The van der Waals surface area contributed by atoms with E-state index < -0.39 is 0 Å². The first kappa shape index (κ1) is 27.1. The molecule has 4 aromatic rings. The highest BCUT2D eigenvalue weighted by Gasteiger charge is 2.20. The number of aromatic nitrogens is 3. The highest BCUT2D eigenvalue weighted by molar-refractivity contribution is 6.30. The Bertz CT molecular complexity index is 1390. The van der Waals surface area contributed by atoms with Gasteiger partial charge in [0.2, 0.25) is 0 Å². The number of H-pyrrole nitrogens is 1. The molecule has 204 valence electrons. The Balaban J connectivity index is 0.000000384. The maximum atomic E-state index is 12.8. The van der Waals surface area contributed by atoms with Crippen LogP contribution in [-0.2, 0) is 0 Å². The number of halogens is 1. The number of anilines is 2. The third-order valence-electron chi connectivity index (χ3n) is 7.09. The van der Waals surface area contributed by atoms with Crippen molar-refractivity contribution in [2.24, 2.45) is 0 Å². The van der Waals surface area contributed by atoms with Crippen LogP contribution in [0.2, 0.25) is 5.02 Å². The monoisotopic (exact) mass is 546 g/mol. The van der Waals surface area contributed by atoms with Crippen molar-refractivity contribution in [3.63, 3.8) is 0 Å². The molecule has 3 N–H and O–H groups in total. The Morgan fingerprint density at radius 3 is 2.28 bits per heavy atom. The number of benzene rings is 2. The number of aromatic amines is 1. The largest absolute Gasteiger partial charge is 0.340 e. The van der Waals surface area contributed by atoms with Gasteiger partial charge in [-0.2, -0.15) is 0 Å². The van der Waals surface area contributed by atoms with Crippen molar-refractivity contribution >= 4 is 40.0 Å². The van der Waals surface area contributed by atoms with Crippen LogP contribution in [0, 0.1) is 0 Å². The maximum absolute atomic E-state index is 12.8. The van der Waals surface area contributed by atoms with Crippen molar-refractivity contribution in [2.75, 3.05) is 71.8 Å². The van der Waals surface area contributed by atoms with Crippen molar-refractivity contribution < 1.29 is 4.79 Å². The number of carbonyl (C=O) groups is 1. The maximum Gasteiger partial charge on any atom is 0.253 e. The standard InChI is InChI=1S/C24H23ClN6O.C5H12N2/c1-30-9-11-31(12-10-30)24(32)17-7-5-16(6-8-17)21-14-20-22(26-15-27-23(20)29-21)28-19-4-2-3-18(25)13-19;1-7-4-2-6-3-5-7/h2-8,13-15H,9-12H2,1H3,(H2,26,27,28,29);6H,2-5H2,1H3. The van der Waals surface area contributed by atoms with Crippen LogP contribution >= 0.6 is 11.6 Å². The van der Waals surface area contributed by atoms with Gasteiger partial charge in [0.05, 0.1) is 5.39 Å². The van der Waals surface area contributed by atoms with E-state index in [1.807, 2.05) is 59.5 Å². The lowest BCUT2D eigenvalue weighted by Crippen LogP contribution is -2.47. The Morgan fingerprint density at radius 2 is 1.62 bits per heavy atom. The topological polar surface area (TPSA) is 92.4 Å². The molecule has 2 aromatic carbocycles. The van der Waals surface area contributed by atoms with E-state index in [0.29, 0.717) is 16.4 Å². The summed E-state index contributed by atoms with van der Waals surface area (Å²) in [6.07, 6.45) is 1.52. The number of nitrogens with zero attached hydrogens (tertiary/aromatic N) is 5. The Morgan fingerprint density at radius 1 is 0.897 bits per heavy atom. The van der Waals surface area contributed by atoms with E-state index in [2.05, 4.69) is 49.5 Å². The molecule has 4 heterocycles. The second-order valence-corrected chi connectivity index (χ2v) is 10.5. The van der Waals surface area contributed by atoms with Gasteiger partial charge in [-0.05, 0) is 56.1 Å². The average molecular weight is 547 g/mol. The summed E-state index contributed by atoms with van der Waals surface area (Å²) in [5.41, 5.74) is 4.18. The van der Waals surface area contributed by atoms with Crippen molar-refractivity contribution in [1.29, 1.82) is 0 Å². The summed E-state index contributed by atoms with van der Waals surface area (Å²) in [5.74, 6) is 0.779. The zero-order chi connectivity index (χ0) is 27.2. The molecule has 0 radical (unpaired) electrons. The number of hydrogen-bond donors (Lipinski definition) is 3. The molecule has 0 bridgehead atoms. The SMILES string of the molecule is CN1CCN(C(=O)c2ccc(-c3cc4c(Nc5cccc(Cl)c5)ncnc4[nH]3)cc2)CC1.CN1CCNCC1. The number of rotatable bonds is 4. The van der Waals surface area contributed by atoms with E-state index >= 15 is 0 Å². The molecule has 9 nitrogen and oxygen atoms in total. The fourth-order valence-electron chi connectivity index (χ4n) is 4.66. The van der Waals surface area contributed by atoms with E-state index in [-0.39, 0.29) is 5.91 Å².